The smallest absolute Gasteiger partial charge is 0.243 e. The van der Waals surface area contributed by atoms with Crippen LogP contribution in [-0.2, 0) is 21.2 Å². The molecule has 0 radical (unpaired) electrons. The number of para-hydroxylation sites is 1. The number of anilines is 2. The van der Waals surface area contributed by atoms with E-state index >= 15 is 0 Å². The molecule has 1 amide bonds. The van der Waals surface area contributed by atoms with Crippen LogP contribution in [0.3, 0.4) is 0 Å². The Labute approximate surface area is 172 Å². The molecule has 154 valence electrons. The lowest BCUT2D eigenvalue weighted by atomic mass is 10.2. The molecule has 0 aromatic heterocycles. The molecular formula is C22H27N3O3S. The Morgan fingerprint density at radius 3 is 2.59 bits per heavy atom. The number of benzene rings is 2. The monoisotopic (exact) mass is 413 g/mol. The van der Waals surface area contributed by atoms with Gasteiger partial charge in [-0.05, 0) is 55.5 Å². The predicted molar refractivity (Wildman–Crippen MR) is 115 cm³/mol. The summed E-state index contributed by atoms with van der Waals surface area (Å²) in [6.45, 7) is 3.98. The highest BCUT2D eigenvalue weighted by molar-refractivity contribution is 7.89. The molecule has 0 aliphatic carbocycles. The average molecular weight is 414 g/mol. The summed E-state index contributed by atoms with van der Waals surface area (Å²) in [6, 6.07) is 13.2. The topological polar surface area (TPSA) is 69.7 Å². The summed E-state index contributed by atoms with van der Waals surface area (Å²) in [5.41, 5.74) is 3.57. The Hall–Kier alpha value is -2.38. The maximum absolute atomic E-state index is 13.1. The van der Waals surface area contributed by atoms with Crippen molar-refractivity contribution in [1.29, 1.82) is 0 Å². The SMILES string of the molecule is Cc1ccc(NC(=O)CN2CCc3ccccc32)cc1S(=O)(=O)N1CCCCC1. The van der Waals surface area contributed by atoms with Crippen LogP contribution >= 0.6 is 0 Å². The van der Waals surface area contributed by atoms with Crippen molar-refractivity contribution in [3.8, 4) is 0 Å². The zero-order chi connectivity index (χ0) is 20.4. The number of hydrogen-bond donors (Lipinski definition) is 1. The number of nitrogens with one attached hydrogen (secondary N) is 1. The van der Waals surface area contributed by atoms with Crippen LogP contribution in [0.25, 0.3) is 0 Å². The molecule has 4 rings (SSSR count). The van der Waals surface area contributed by atoms with Gasteiger partial charge < -0.3 is 10.2 Å². The van der Waals surface area contributed by atoms with E-state index in [-0.39, 0.29) is 17.3 Å². The van der Waals surface area contributed by atoms with Gasteiger partial charge in [0.05, 0.1) is 11.4 Å². The van der Waals surface area contributed by atoms with Gasteiger partial charge in [-0.3, -0.25) is 4.79 Å². The molecular weight excluding hydrogens is 386 g/mol. The first-order chi connectivity index (χ1) is 13.9. The summed E-state index contributed by atoms with van der Waals surface area (Å²) in [7, 11) is -3.54. The molecule has 7 heteroatoms. The van der Waals surface area contributed by atoms with Gasteiger partial charge in [-0.2, -0.15) is 4.31 Å². The third-order valence-electron chi connectivity index (χ3n) is 5.72. The Morgan fingerprint density at radius 1 is 1.03 bits per heavy atom. The van der Waals surface area contributed by atoms with E-state index in [0.29, 0.717) is 24.3 Å². The lowest BCUT2D eigenvalue weighted by Crippen LogP contribution is -2.36. The number of hydrogen-bond acceptors (Lipinski definition) is 4. The van der Waals surface area contributed by atoms with Crippen molar-refractivity contribution in [3.63, 3.8) is 0 Å². The minimum Gasteiger partial charge on any atom is -0.362 e. The van der Waals surface area contributed by atoms with Crippen LogP contribution < -0.4 is 10.2 Å². The first kappa shape index (κ1) is 19.9. The van der Waals surface area contributed by atoms with Crippen LogP contribution in [0.5, 0.6) is 0 Å². The van der Waals surface area contributed by atoms with E-state index in [9.17, 15) is 13.2 Å². The van der Waals surface area contributed by atoms with E-state index in [1.165, 1.54) is 5.56 Å². The highest BCUT2D eigenvalue weighted by atomic mass is 32.2. The fourth-order valence-electron chi connectivity index (χ4n) is 4.14. The first-order valence-electron chi connectivity index (χ1n) is 10.2. The van der Waals surface area contributed by atoms with Gasteiger partial charge in [0.2, 0.25) is 15.9 Å². The Kier molecular flexibility index (Phi) is 5.61. The number of aryl methyl sites for hydroxylation is 1. The minimum absolute atomic E-state index is 0.146. The summed E-state index contributed by atoms with van der Waals surface area (Å²) in [5, 5.41) is 2.88. The van der Waals surface area contributed by atoms with Gasteiger partial charge in [0, 0.05) is 31.0 Å². The highest BCUT2D eigenvalue weighted by Crippen LogP contribution is 2.28. The van der Waals surface area contributed by atoms with Crippen LogP contribution in [0.15, 0.2) is 47.4 Å². The number of fused-ring (bicyclic) bond motifs is 1. The Balaban J connectivity index is 1.48. The van der Waals surface area contributed by atoms with Crippen LogP contribution in [0.1, 0.15) is 30.4 Å². The van der Waals surface area contributed by atoms with E-state index in [0.717, 1.165) is 37.9 Å². The van der Waals surface area contributed by atoms with E-state index in [2.05, 4.69) is 16.3 Å². The molecule has 0 bridgehead atoms. The summed E-state index contributed by atoms with van der Waals surface area (Å²) in [6.07, 6.45) is 3.80. The molecule has 1 N–H and O–H groups in total. The molecule has 2 aromatic carbocycles. The first-order valence-corrected chi connectivity index (χ1v) is 11.6. The van der Waals surface area contributed by atoms with Crippen LogP contribution in [0.2, 0.25) is 0 Å². The number of carbonyl (C=O) groups excluding carboxylic acids is 1. The van der Waals surface area contributed by atoms with Crippen molar-refractivity contribution in [2.45, 2.75) is 37.5 Å². The van der Waals surface area contributed by atoms with Gasteiger partial charge in [-0.1, -0.05) is 30.7 Å². The Bertz CT molecular complexity index is 1010. The van der Waals surface area contributed by atoms with Gasteiger partial charge in [-0.25, -0.2) is 8.42 Å². The molecule has 2 aliphatic rings. The lowest BCUT2D eigenvalue weighted by Gasteiger charge is -2.26. The van der Waals surface area contributed by atoms with Crippen molar-refractivity contribution in [1.82, 2.24) is 4.31 Å². The fourth-order valence-corrected chi connectivity index (χ4v) is 5.91. The summed E-state index contributed by atoms with van der Waals surface area (Å²) < 4.78 is 27.7. The molecule has 0 saturated carbocycles. The van der Waals surface area contributed by atoms with E-state index < -0.39 is 10.0 Å². The van der Waals surface area contributed by atoms with Crippen molar-refractivity contribution in [2.24, 2.45) is 0 Å². The van der Waals surface area contributed by atoms with Gasteiger partial charge >= 0.3 is 0 Å². The van der Waals surface area contributed by atoms with Crippen LogP contribution in [-0.4, -0.2) is 44.8 Å². The molecule has 1 saturated heterocycles. The fraction of sp³-hybridized carbons (Fsp3) is 0.409. The van der Waals surface area contributed by atoms with E-state index in [1.807, 2.05) is 18.2 Å². The van der Waals surface area contributed by atoms with Crippen LogP contribution in [0, 0.1) is 6.92 Å². The van der Waals surface area contributed by atoms with Gasteiger partial charge in [0.1, 0.15) is 0 Å². The molecule has 2 aliphatic heterocycles. The number of sulfonamides is 1. The molecule has 6 nitrogen and oxygen atoms in total. The maximum atomic E-state index is 13.1. The second-order valence-electron chi connectivity index (χ2n) is 7.79. The molecule has 2 heterocycles. The number of carbonyl (C=O) groups is 1. The third-order valence-corrected chi connectivity index (χ3v) is 7.76. The minimum atomic E-state index is -3.54. The standard InChI is InChI=1S/C22H27N3O3S/c1-17-9-10-19(15-21(17)29(27,28)25-12-5-2-6-13-25)23-22(26)16-24-14-11-18-7-3-4-8-20(18)24/h3-4,7-10,15H,2,5-6,11-14,16H2,1H3,(H,23,26). The number of piperidine rings is 1. The van der Waals surface area contributed by atoms with E-state index in [1.54, 1.807) is 29.4 Å². The maximum Gasteiger partial charge on any atom is 0.243 e. The Morgan fingerprint density at radius 2 is 1.79 bits per heavy atom. The molecule has 0 unspecified atom stereocenters. The van der Waals surface area contributed by atoms with Crippen molar-refractivity contribution in [3.05, 3.63) is 53.6 Å². The zero-order valence-electron chi connectivity index (χ0n) is 16.7. The number of rotatable bonds is 5. The number of nitrogens with zero attached hydrogens (tertiary/aromatic N) is 2. The molecule has 0 spiro atoms. The summed E-state index contributed by atoms with van der Waals surface area (Å²) in [4.78, 5) is 15.0. The normalized spacial score (nSPS) is 17.2. The summed E-state index contributed by atoms with van der Waals surface area (Å²) in [5.74, 6) is -0.146. The van der Waals surface area contributed by atoms with Gasteiger partial charge in [0.15, 0.2) is 0 Å². The molecule has 1 fully saturated rings. The average Bonchev–Trinajstić information content (AvgIpc) is 3.13. The lowest BCUT2D eigenvalue weighted by molar-refractivity contribution is -0.115. The van der Waals surface area contributed by atoms with Crippen molar-refractivity contribution >= 4 is 27.3 Å². The second kappa shape index (κ2) is 8.16. The number of amides is 1. The molecule has 0 atom stereocenters. The van der Waals surface area contributed by atoms with Crippen molar-refractivity contribution < 1.29 is 13.2 Å². The third kappa shape index (κ3) is 4.16. The molecule has 2 aromatic rings. The predicted octanol–water partition coefficient (Wildman–Crippen LogP) is 3.17. The van der Waals surface area contributed by atoms with Crippen molar-refractivity contribution in [2.75, 3.05) is 36.4 Å². The van der Waals surface area contributed by atoms with Crippen LogP contribution in [0.4, 0.5) is 11.4 Å². The van der Waals surface area contributed by atoms with Gasteiger partial charge in [0.25, 0.3) is 0 Å². The quantitative estimate of drug-likeness (QED) is 0.817. The summed E-state index contributed by atoms with van der Waals surface area (Å²) >= 11 is 0. The molecule has 29 heavy (non-hydrogen) atoms. The highest BCUT2D eigenvalue weighted by Gasteiger charge is 2.28. The second-order valence-corrected chi connectivity index (χ2v) is 9.70. The largest absolute Gasteiger partial charge is 0.362 e. The van der Waals surface area contributed by atoms with Gasteiger partial charge in [-0.15, -0.1) is 0 Å². The van der Waals surface area contributed by atoms with E-state index in [4.69, 9.17) is 0 Å². The zero-order valence-corrected chi connectivity index (χ0v) is 17.5.